The van der Waals surface area contributed by atoms with Gasteiger partial charge < -0.3 is 5.32 Å². The van der Waals surface area contributed by atoms with Crippen molar-refractivity contribution < 1.29 is 4.79 Å². The third-order valence-corrected chi connectivity index (χ3v) is 4.58. The Hall–Kier alpha value is -1.45. The molecule has 96 valence electrons. The largest absolute Gasteiger partial charge is 0.325 e. The quantitative estimate of drug-likeness (QED) is 0.856. The van der Waals surface area contributed by atoms with Crippen LogP contribution in [0.4, 0.5) is 5.69 Å². The fraction of sp³-hybridized carbons (Fsp3) is 0.133. The second kappa shape index (κ2) is 5.27. The Morgan fingerprint density at radius 2 is 1.95 bits per heavy atom. The lowest BCUT2D eigenvalue weighted by atomic mass is 10.0. The molecular weight excluding hydrogens is 278 g/mol. The van der Waals surface area contributed by atoms with Gasteiger partial charge in [0.05, 0.1) is 11.0 Å². The van der Waals surface area contributed by atoms with E-state index in [2.05, 4.69) is 17.4 Å². The van der Waals surface area contributed by atoms with Crippen LogP contribution in [0.5, 0.6) is 0 Å². The van der Waals surface area contributed by atoms with Gasteiger partial charge in [-0.05, 0) is 29.3 Å². The first kappa shape index (κ1) is 12.6. The zero-order valence-electron chi connectivity index (χ0n) is 10.1. The van der Waals surface area contributed by atoms with Crippen molar-refractivity contribution in [2.24, 2.45) is 0 Å². The van der Waals surface area contributed by atoms with Crippen molar-refractivity contribution in [3.63, 3.8) is 0 Å². The minimum absolute atomic E-state index is 0.0343. The lowest BCUT2D eigenvalue weighted by Crippen LogP contribution is -2.12. The Morgan fingerprint density at radius 1 is 1.16 bits per heavy atom. The molecule has 0 spiro atoms. The van der Waals surface area contributed by atoms with Crippen LogP contribution in [0, 0.1) is 0 Å². The zero-order valence-corrected chi connectivity index (χ0v) is 11.7. The monoisotopic (exact) mass is 289 g/mol. The van der Waals surface area contributed by atoms with Gasteiger partial charge in [0.25, 0.3) is 0 Å². The summed E-state index contributed by atoms with van der Waals surface area (Å²) in [5, 5.41) is 3.76. The molecule has 0 saturated heterocycles. The number of carbonyl (C=O) groups is 1. The summed E-state index contributed by atoms with van der Waals surface area (Å²) in [6, 6.07) is 15.8. The second-order valence-electron chi connectivity index (χ2n) is 4.38. The molecule has 0 saturated carbocycles. The molecule has 0 radical (unpaired) electrons. The number of benzene rings is 2. The molecule has 2 aromatic carbocycles. The van der Waals surface area contributed by atoms with Crippen molar-refractivity contribution in [3.8, 4) is 0 Å². The van der Waals surface area contributed by atoms with Gasteiger partial charge in [0, 0.05) is 10.7 Å². The highest BCUT2D eigenvalue weighted by molar-refractivity contribution is 8.00. The van der Waals surface area contributed by atoms with E-state index in [0.29, 0.717) is 10.8 Å². The number of fused-ring (bicyclic) bond motifs is 1. The molecule has 1 aliphatic rings. The van der Waals surface area contributed by atoms with E-state index < -0.39 is 0 Å². The van der Waals surface area contributed by atoms with Crippen molar-refractivity contribution in [2.45, 2.75) is 5.25 Å². The third kappa shape index (κ3) is 2.62. The Morgan fingerprint density at radius 3 is 2.74 bits per heavy atom. The van der Waals surface area contributed by atoms with Crippen LogP contribution in [0.1, 0.15) is 16.4 Å². The molecule has 2 aromatic rings. The molecule has 0 aliphatic carbocycles. The van der Waals surface area contributed by atoms with Crippen LogP contribution in [0.3, 0.4) is 0 Å². The molecule has 1 atom stereocenters. The Kier molecular flexibility index (Phi) is 3.49. The lowest BCUT2D eigenvalue weighted by molar-refractivity contribution is -0.113. The summed E-state index contributed by atoms with van der Waals surface area (Å²) in [4.78, 5) is 11.7. The number of thioether (sulfide) groups is 1. The average Bonchev–Trinajstić information content (AvgIpc) is 2.58. The van der Waals surface area contributed by atoms with Gasteiger partial charge in [-0.2, -0.15) is 0 Å². The van der Waals surface area contributed by atoms with E-state index in [4.69, 9.17) is 11.6 Å². The fourth-order valence-corrected chi connectivity index (χ4v) is 3.50. The van der Waals surface area contributed by atoms with Crippen LogP contribution in [-0.4, -0.2) is 11.7 Å². The van der Waals surface area contributed by atoms with Gasteiger partial charge in [-0.1, -0.05) is 41.9 Å². The van der Waals surface area contributed by atoms with E-state index in [-0.39, 0.29) is 11.2 Å². The van der Waals surface area contributed by atoms with Crippen molar-refractivity contribution in [1.82, 2.24) is 0 Å². The van der Waals surface area contributed by atoms with Crippen LogP contribution in [0.2, 0.25) is 5.02 Å². The summed E-state index contributed by atoms with van der Waals surface area (Å²) in [7, 11) is 0. The fourth-order valence-electron chi connectivity index (χ4n) is 2.20. The molecule has 1 heterocycles. The van der Waals surface area contributed by atoms with Crippen LogP contribution in [-0.2, 0) is 4.79 Å². The third-order valence-electron chi connectivity index (χ3n) is 3.05. The predicted molar refractivity (Wildman–Crippen MR) is 80.8 cm³/mol. The van der Waals surface area contributed by atoms with Crippen molar-refractivity contribution in [2.75, 3.05) is 11.1 Å². The molecule has 3 rings (SSSR count). The number of carbonyl (C=O) groups excluding carboxylic acids is 1. The predicted octanol–water partition coefficient (Wildman–Crippen LogP) is 4.11. The number of nitrogens with one attached hydrogen (secondary N) is 1. The van der Waals surface area contributed by atoms with E-state index in [9.17, 15) is 4.79 Å². The van der Waals surface area contributed by atoms with Crippen LogP contribution in [0.15, 0.2) is 48.5 Å². The molecule has 1 aliphatic heterocycles. The molecule has 0 fully saturated rings. The first-order chi connectivity index (χ1) is 9.24. The number of hydrogen-bond acceptors (Lipinski definition) is 2. The maximum absolute atomic E-state index is 11.7. The maximum atomic E-state index is 11.7. The first-order valence-corrected chi connectivity index (χ1v) is 7.42. The Labute approximate surface area is 121 Å². The molecule has 1 unspecified atom stereocenters. The van der Waals surface area contributed by atoms with Gasteiger partial charge in [0.2, 0.25) is 5.91 Å². The van der Waals surface area contributed by atoms with Crippen molar-refractivity contribution >= 4 is 35.0 Å². The van der Waals surface area contributed by atoms with Crippen molar-refractivity contribution in [3.05, 3.63) is 64.7 Å². The molecule has 1 amide bonds. The summed E-state index contributed by atoms with van der Waals surface area (Å²) in [6.45, 7) is 0. The van der Waals surface area contributed by atoms with Crippen LogP contribution in [0.25, 0.3) is 0 Å². The Balaban J connectivity index is 2.11. The van der Waals surface area contributed by atoms with Crippen LogP contribution < -0.4 is 5.32 Å². The number of amides is 1. The van der Waals surface area contributed by atoms with Gasteiger partial charge in [-0.3, -0.25) is 4.79 Å². The zero-order chi connectivity index (χ0) is 13.2. The number of rotatable bonds is 1. The standard InChI is InChI=1S/C15H12ClNOS/c16-11-6-7-13-12(8-11)15(19-9-14(18)17-13)10-4-2-1-3-5-10/h1-8,15H,9H2,(H,17,18). The molecule has 1 N–H and O–H groups in total. The molecule has 4 heteroatoms. The number of anilines is 1. The van der Waals surface area contributed by atoms with E-state index in [0.717, 1.165) is 11.3 Å². The van der Waals surface area contributed by atoms with Crippen molar-refractivity contribution in [1.29, 1.82) is 0 Å². The highest BCUT2D eigenvalue weighted by Gasteiger charge is 2.24. The minimum Gasteiger partial charge on any atom is -0.325 e. The summed E-state index contributed by atoms with van der Waals surface area (Å²) < 4.78 is 0. The lowest BCUT2D eigenvalue weighted by Gasteiger charge is -2.17. The summed E-state index contributed by atoms with van der Waals surface area (Å²) in [6.07, 6.45) is 0. The molecule has 0 bridgehead atoms. The highest BCUT2D eigenvalue weighted by atomic mass is 35.5. The minimum atomic E-state index is 0.0343. The van der Waals surface area contributed by atoms with Gasteiger partial charge in [-0.25, -0.2) is 0 Å². The molecule has 19 heavy (non-hydrogen) atoms. The average molecular weight is 290 g/mol. The second-order valence-corrected chi connectivity index (χ2v) is 5.91. The molecule has 2 nitrogen and oxygen atoms in total. The highest BCUT2D eigenvalue weighted by Crippen LogP contribution is 2.42. The van der Waals surface area contributed by atoms with E-state index in [1.165, 1.54) is 5.56 Å². The Bertz CT molecular complexity index is 615. The van der Waals surface area contributed by atoms with Gasteiger partial charge >= 0.3 is 0 Å². The number of halogens is 1. The van der Waals surface area contributed by atoms with Gasteiger partial charge in [-0.15, -0.1) is 11.8 Å². The molecule has 0 aromatic heterocycles. The topological polar surface area (TPSA) is 29.1 Å². The normalized spacial score (nSPS) is 18.4. The maximum Gasteiger partial charge on any atom is 0.234 e. The molecular formula is C15H12ClNOS. The summed E-state index contributed by atoms with van der Waals surface area (Å²) in [5.74, 6) is 0.485. The van der Waals surface area contributed by atoms with Gasteiger partial charge in [0.1, 0.15) is 0 Å². The summed E-state index contributed by atoms with van der Waals surface area (Å²) >= 11 is 7.72. The van der Waals surface area contributed by atoms with E-state index >= 15 is 0 Å². The summed E-state index contributed by atoms with van der Waals surface area (Å²) in [5.41, 5.74) is 3.11. The number of hydrogen-bond donors (Lipinski definition) is 1. The SMILES string of the molecule is O=C1CSC(c2ccccc2)c2cc(Cl)ccc2N1. The van der Waals surface area contributed by atoms with E-state index in [1.54, 1.807) is 17.8 Å². The van der Waals surface area contributed by atoms with E-state index in [1.807, 2.05) is 30.3 Å². The smallest absolute Gasteiger partial charge is 0.234 e. The first-order valence-electron chi connectivity index (χ1n) is 6.00. The van der Waals surface area contributed by atoms with Gasteiger partial charge in [0.15, 0.2) is 0 Å². The van der Waals surface area contributed by atoms with Crippen LogP contribution >= 0.6 is 23.4 Å².